The Bertz CT molecular complexity index is 325. The van der Waals surface area contributed by atoms with Crippen LogP contribution in [0.3, 0.4) is 0 Å². The highest BCUT2D eigenvalue weighted by atomic mass is 16.5. The fourth-order valence-electron chi connectivity index (χ4n) is 1.17. The van der Waals surface area contributed by atoms with Crippen LogP contribution < -0.4 is 0 Å². The van der Waals surface area contributed by atoms with Crippen molar-refractivity contribution in [2.45, 2.75) is 6.42 Å². The van der Waals surface area contributed by atoms with Crippen LogP contribution in [-0.2, 0) is 15.9 Å². The normalized spacial score (nSPS) is 14.3. The van der Waals surface area contributed by atoms with Crippen molar-refractivity contribution in [3.05, 3.63) is 60.4 Å². The molecule has 0 aromatic heterocycles. The maximum absolute atomic E-state index is 5.24. The van der Waals surface area contributed by atoms with Crippen molar-refractivity contribution in [3.63, 3.8) is 0 Å². The summed E-state index contributed by atoms with van der Waals surface area (Å²) in [5, 5.41) is 0. The van der Waals surface area contributed by atoms with Gasteiger partial charge in [-0.05, 0) is 5.56 Å². The second kappa shape index (κ2) is 3.81. The molecule has 1 aromatic rings. The molecule has 1 aliphatic rings. The Hall–Kier alpha value is -1.70. The average Bonchev–Trinajstić information content (AvgIpc) is 2.21. The number of hydrogen-bond acceptors (Lipinski definition) is 2. The Morgan fingerprint density at radius 3 is 2.54 bits per heavy atom. The smallest absolute Gasteiger partial charge is 0.143 e. The molecule has 2 heteroatoms. The Kier molecular flexibility index (Phi) is 2.32. The van der Waals surface area contributed by atoms with Crippen molar-refractivity contribution in [1.82, 2.24) is 0 Å². The van der Waals surface area contributed by atoms with Gasteiger partial charge in [-0.15, -0.1) is 0 Å². The molecule has 1 aromatic carbocycles. The van der Waals surface area contributed by atoms with E-state index in [9.17, 15) is 0 Å². The summed E-state index contributed by atoms with van der Waals surface area (Å²) in [4.78, 5) is 0. The topological polar surface area (TPSA) is 18.5 Å². The van der Waals surface area contributed by atoms with E-state index < -0.39 is 0 Å². The van der Waals surface area contributed by atoms with E-state index in [4.69, 9.17) is 9.47 Å². The van der Waals surface area contributed by atoms with Gasteiger partial charge in [-0.1, -0.05) is 30.3 Å². The van der Waals surface area contributed by atoms with Crippen LogP contribution in [0, 0.1) is 0 Å². The van der Waals surface area contributed by atoms with E-state index >= 15 is 0 Å². The van der Waals surface area contributed by atoms with Gasteiger partial charge in [0, 0.05) is 6.42 Å². The summed E-state index contributed by atoms with van der Waals surface area (Å²) >= 11 is 0. The van der Waals surface area contributed by atoms with Crippen LogP contribution in [0.1, 0.15) is 5.56 Å². The van der Waals surface area contributed by atoms with E-state index in [1.807, 2.05) is 18.2 Å². The van der Waals surface area contributed by atoms with Crippen molar-refractivity contribution in [2.75, 3.05) is 0 Å². The highest BCUT2D eigenvalue weighted by Crippen LogP contribution is 2.12. The van der Waals surface area contributed by atoms with Gasteiger partial charge in [0.15, 0.2) is 0 Å². The SMILES string of the molecule is C1=COC(Cc2ccccc2)=CO1. The summed E-state index contributed by atoms with van der Waals surface area (Å²) < 4.78 is 10.2. The largest absolute Gasteiger partial charge is 0.466 e. The van der Waals surface area contributed by atoms with Gasteiger partial charge in [0.2, 0.25) is 0 Å². The molecular weight excluding hydrogens is 164 g/mol. The third-order valence-corrected chi connectivity index (χ3v) is 1.77. The zero-order valence-electron chi connectivity index (χ0n) is 7.14. The van der Waals surface area contributed by atoms with Gasteiger partial charge in [-0.25, -0.2) is 0 Å². The second-order valence-electron chi connectivity index (χ2n) is 2.77. The lowest BCUT2D eigenvalue weighted by atomic mass is 10.1. The standard InChI is InChI=1S/C11H10O2/c1-2-4-10(5-3-1)8-11-9-12-6-7-13-11/h1-7,9H,8H2. The quantitative estimate of drug-likeness (QED) is 0.686. The van der Waals surface area contributed by atoms with Crippen molar-refractivity contribution >= 4 is 0 Å². The molecule has 13 heavy (non-hydrogen) atoms. The number of rotatable bonds is 2. The van der Waals surface area contributed by atoms with Gasteiger partial charge in [-0.3, -0.25) is 0 Å². The molecule has 0 amide bonds. The third kappa shape index (κ3) is 2.12. The summed E-state index contributed by atoms with van der Waals surface area (Å²) in [6.07, 6.45) is 5.44. The Balaban J connectivity index is 2.02. The molecule has 1 aliphatic heterocycles. The molecule has 1 heterocycles. The van der Waals surface area contributed by atoms with Gasteiger partial charge in [0.25, 0.3) is 0 Å². The van der Waals surface area contributed by atoms with Crippen molar-refractivity contribution in [3.8, 4) is 0 Å². The van der Waals surface area contributed by atoms with Crippen LogP contribution in [-0.4, -0.2) is 0 Å². The van der Waals surface area contributed by atoms with Crippen LogP contribution in [0.4, 0.5) is 0 Å². The van der Waals surface area contributed by atoms with Crippen molar-refractivity contribution in [2.24, 2.45) is 0 Å². The lowest BCUT2D eigenvalue weighted by Gasteiger charge is -2.09. The minimum atomic E-state index is 0.769. The lowest BCUT2D eigenvalue weighted by molar-refractivity contribution is 0.251. The maximum Gasteiger partial charge on any atom is 0.143 e. The van der Waals surface area contributed by atoms with E-state index in [-0.39, 0.29) is 0 Å². The van der Waals surface area contributed by atoms with Crippen molar-refractivity contribution in [1.29, 1.82) is 0 Å². The van der Waals surface area contributed by atoms with Gasteiger partial charge < -0.3 is 9.47 Å². The number of benzene rings is 1. The zero-order valence-corrected chi connectivity index (χ0v) is 7.14. The van der Waals surface area contributed by atoms with Gasteiger partial charge in [0.1, 0.15) is 24.5 Å². The molecule has 0 atom stereocenters. The molecule has 0 saturated carbocycles. The van der Waals surface area contributed by atoms with E-state index in [1.54, 1.807) is 6.26 Å². The molecular formula is C11H10O2. The molecule has 66 valence electrons. The van der Waals surface area contributed by atoms with E-state index in [2.05, 4.69) is 12.1 Å². The van der Waals surface area contributed by atoms with E-state index in [0.717, 1.165) is 12.2 Å². The van der Waals surface area contributed by atoms with Crippen LogP contribution in [0.5, 0.6) is 0 Å². The first-order chi connectivity index (χ1) is 6.45. The third-order valence-electron chi connectivity index (χ3n) is 1.77. The highest BCUT2D eigenvalue weighted by Gasteiger charge is 2.02. The van der Waals surface area contributed by atoms with Gasteiger partial charge >= 0.3 is 0 Å². The molecule has 0 spiro atoms. The molecule has 2 nitrogen and oxygen atoms in total. The number of allylic oxidation sites excluding steroid dienone is 1. The Morgan fingerprint density at radius 2 is 1.85 bits per heavy atom. The Labute approximate surface area is 77.1 Å². The van der Waals surface area contributed by atoms with Gasteiger partial charge in [0.05, 0.1) is 0 Å². The van der Waals surface area contributed by atoms with Crippen molar-refractivity contribution < 1.29 is 9.47 Å². The summed E-state index contributed by atoms with van der Waals surface area (Å²) in [7, 11) is 0. The minimum absolute atomic E-state index is 0.769. The summed E-state index contributed by atoms with van der Waals surface area (Å²) in [6.45, 7) is 0. The predicted octanol–water partition coefficient (Wildman–Crippen LogP) is 2.59. The summed E-state index contributed by atoms with van der Waals surface area (Å²) in [6, 6.07) is 10.1. The number of ether oxygens (including phenoxy) is 2. The van der Waals surface area contributed by atoms with Crippen LogP contribution in [0.2, 0.25) is 0 Å². The molecule has 0 saturated heterocycles. The second-order valence-corrected chi connectivity index (χ2v) is 2.77. The first-order valence-electron chi connectivity index (χ1n) is 4.15. The van der Waals surface area contributed by atoms with Crippen LogP contribution in [0.15, 0.2) is 54.9 Å². The molecule has 0 aliphatic carbocycles. The summed E-state index contributed by atoms with van der Waals surface area (Å²) in [5.41, 5.74) is 1.22. The molecule has 0 N–H and O–H groups in total. The predicted molar refractivity (Wildman–Crippen MR) is 49.5 cm³/mol. The maximum atomic E-state index is 5.24. The van der Waals surface area contributed by atoms with E-state index in [1.165, 1.54) is 18.1 Å². The minimum Gasteiger partial charge on any atom is -0.466 e. The fourth-order valence-corrected chi connectivity index (χ4v) is 1.17. The molecule has 0 radical (unpaired) electrons. The zero-order chi connectivity index (χ0) is 8.93. The van der Waals surface area contributed by atoms with Gasteiger partial charge in [-0.2, -0.15) is 0 Å². The number of hydrogen-bond donors (Lipinski definition) is 0. The van der Waals surface area contributed by atoms with Crippen LogP contribution in [0.25, 0.3) is 0 Å². The van der Waals surface area contributed by atoms with Crippen LogP contribution >= 0.6 is 0 Å². The average molecular weight is 174 g/mol. The fraction of sp³-hybridized carbons (Fsp3) is 0.0909. The lowest BCUT2D eigenvalue weighted by Crippen LogP contribution is -1.96. The highest BCUT2D eigenvalue weighted by molar-refractivity contribution is 5.19. The summed E-state index contributed by atoms with van der Waals surface area (Å²) in [5.74, 6) is 0.828. The monoisotopic (exact) mass is 174 g/mol. The molecule has 0 bridgehead atoms. The first-order valence-corrected chi connectivity index (χ1v) is 4.15. The molecule has 2 rings (SSSR count). The first kappa shape index (κ1) is 7.92. The molecule has 0 fully saturated rings. The molecule has 0 unspecified atom stereocenters. The van der Waals surface area contributed by atoms with E-state index in [0.29, 0.717) is 0 Å². The Morgan fingerprint density at radius 1 is 1.00 bits per heavy atom.